The van der Waals surface area contributed by atoms with Crippen LogP contribution in [-0.4, -0.2) is 42.4 Å². The summed E-state index contributed by atoms with van der Waals surface area (Å²) in [7, 11) is 0. The Hall–Kier alpha value is -2.97. The van der Waals surface area contributed by atoms with E-state index >= 15 is 0 Å². The number of halogens is 1. The van der Waals surface area contributed by atoms with Gasteiger partial charge in [0.15, 0.2) is 6.10 Å². The van der Waals surface area contributed by atoms with E-state index in [0.29, 0.717) is 22.3 Å². The zero-order valence-electron chi connectivity index (χ0n) is 18.4. The topological polar surface area (TPSA) is 102 Å². The summed E-state index contributed by atoms with van der Waals surface area (Å²) in [5, 5.41) is 18.8. The van der Waals surface area contributed by atoms with Crippen molar-refractivity contribution in [3.8, 4) is 16.9 Å². The largest absolute Gasteiger partial charge is 0.480 e. The molecule has 1 amide bonds. The number of aliphatic hydroxyl groups excluding tert-OH is 1. The highest BCUT2D eigenvalue weighted by Gasteiger charge is 2.70. The lowest BCUT2D eigenvalue weighted by Gasteiger charge is -2.70. The van der Waals surface area contributed by atoms with Gasteiger partial charge in [-0.3, -0.25) is 9.48 Å². The summed E-state index contributed by atoms with van der Waals surface area (Å²) < 4.78 is 7.91. The molecule has 1 aliphatic heterocycles. The fourth-order valence-corrected chi connectivity index (χ4v) is 5.98. The Kier molecular flexibility index (Phi) is 4.22. The van der Waals surface area contributed by atoms with Crippen LogP contribution in [0.3, 0.4) is 0 Å². The van der Waals surface area contributed by atoms with E-state index in [1.165, 1.54) is 12.8 Å². The van der Waals surface area contributed by atoms with Crippen molar-refractivity contribution < 1.29 is 14.6 Å². The zero-order chi connectivity index (χ0) is 23.1. The van der Waals surface area contributed by atoms with Crippen LogP contribution >= 0.6 is 11.6 Å². The monoisotopic (exact) mass is 477 g/mol. The molecule has 5 aliphatic rings. The molecule has 8 rings (SSSR count). The van der Waals surface area contributed by atoms with E-state index in [9.17, 15) is 9.90 Å². The molecule has 4 fully saturated rings. The van der Waals surface area contributed by atoms with Crippen molar-refractivity contribution in [1.29, 1.82) is 0 Å². The molecular formula is C25H24ClN5O3. The van der Waals surface area contributed by atoms with Crippen LogP contribution in [0.1, 0.15) is 61.9 Å². The molecule has 34 heavy (non-hydrogen) atoms. The number of nitrogens with zero attached hydrogens (tertiary/aromatic N) is 4. The summed E-state index contributed by atoms with van der Waals surface area (Å²) in [4.78, 5) is 22.0. The van der Waals surface area contributed by atoms with Crippen molar-refractivity contribution in [2.24, 2.45) is 0 Å². The SMILES string of the molecule is O=C(NC12CC(n3cc(-c4cnc(C5CC5)nc4)cn3)(C1)C2)[C@H]1C[C@@H](O)c2cc(Cl)ccc2O1. The van der Waals surface area contributed by atoms with Crippen LogP contribution in [0.2, 0.25) is 5.02 Å². The third kappa shape index (κ3) is 3.15. The van der Waals surface area contributed by atoms with E-state index in [-0.39, 0.29) is 23.4 Å². The third-order valence-corrected chi connectivity index (χ3v) is 7.97. The first-order valence-corrected chi connectivity index (χ1v) is 12.1. The zero-order valence-corrected chi connectivity index (χ0v) is 19.2. The first kappa shape index (κ1) is 20.4. The van der Waals surface area contributed by atoms with E-state index in [0.717, 1.165) is 36.2 Å². The lowest BCUT2D eigenvalue weighted by atomic mass is 9.44. The van der Waals surface area contributed by atoms with Crippen LogP contribution in [-0.2, 0) is 10.3 Å². The van der Waals surface area contributed by atoms with E-state index in [1.54, 1.807) is 18.2 Å². The molecule has 3 aromatic rings. The Morgan fingerprint density at radius 2 is 1.91 bits per heavy atom. The Morgan fingerprint density at radius 3 is 2.65 bits per heavy atom. The number of hydrogen-bond acceptors (Lipinski definition) is 6. The second-order valence-corrected chi connectivity index (χ2v) is 10.8. The number of nitrogens with one attached hydrogen (secondary N) is 1. The molecule has 2 N–H and O–H groups in total. The van der Waals surface area contributed by atoms with Crippen LogP contribution < -0.4 is 10.1 Å². The van der Waals surface area contributed by atoms with Gasteiger partial charge in [-0.25, -0.2) is 9.97 Å². The van der Waals surface area contributed by atoms with Crippen LogP contribution in [0.25, 0.3) is 11.1 Å². The van der Waals surface area contributed by atoms with Gasteiger partial charge in [0.2, 0.25) is 0 Å². The van der Waals surface area contributed by atoms with Crippen molar-refractivity contribution in [3.63, 3.8) is 0 Å². The minimum absolute atomic E-state index is 0.0450. The first-order chi connectivity index (χ1) is 16.4. The number of amides is 1. The minimum atomic E-state index is -0.776. The maximum Gasteiger partial charge on any atom is 0.261 e. The summed E-state index contributed by atoms with van der Waals surface area (Å²) in [6, 6.07) is 5.09. The summed E-state index contributed by atoms with van der Waals surface area (Å²) in [5.74, 6) is 1.81. The summed E-state index contributed by atoms with van der Waals surface area (Å²) in [5.41, 5.74) is 2.35. The second kappa shape index (κ2) is 7.02. The third-order valence-electron chi connectivity index (χ3n) is 7.74. The van der Waals surface area contributed by atoms with Crippen molar-refractivity contribution in [1.82, 2.24) is 25.1 Å². The van der Waals surface area contributed by atoms with Crippen LogP contribution in [0.4, 0.5) is 0 Å². The first-order valence-electron chi connectivity index (χ1n) is 11.8. The number of aromatic nitrogens is 4. The van der Waals surface area contributed by atoms with Gasteiger partial charge < -0.3 is 15.2 Å². The predicted molar refractivity (Wildman–Crippen MR) is 123 cm³/mol. The standard InChI is InChI=1S/C25H24ClN5O3/c26-17-3-4-20-18(5-17)19(32)6-21(34-20)23(33)30-24-11-25(12-24,13-24)31-10-16(9-29-31)15-7-27-22(28-8-15)14-1-2-14/h3-5,7-10,14,19,21,32H,1-2,6,11-13H2,(H,30,33)/t19-,21-,24?,25?/m1/s1. The van der Waals surface area contributed by atoms with E-state index in [4.69, 9.17) is 16.3 Å². The summed E-state index contributed by atoms with van der Waals surface area (Å²) in [6.45, 7) is 0. The second-order valence-electron chi connectivity index (χ2n) is 10.3. The molecule has 9 heteroatoms. The number of carbonyl (C=O) groups excluding carboxylic acids is 1. The molecule has 3 heterocycles. The molecular weight excluding hydrogens is 454 g/mol. The Bertz CT molecular complexity index is 1280. The molecule has 0 saturated heterocycles. The molecule has 0 unspecified atom stereocenters. The maximum atomic E-state index is 13.0. The Labute approximate surface area is 201 Å². The van der Waals surface area contributed by atoms with Gasteiger partial charge in [-0.1, -0.05) is 11.6 Å². The smallest absolute Gasteiger partial charge is 0.261 e. The van der Waals surface area contributed by atoms with Crippen LogP contribution in [0.15, 0.2) is 43.0 Å². The average Bonchev–Trinajstić information content (AvgIpc) is 3.52. The van der Waals surface area contributed by atoms with Gasteiger partial charge >= 0.3 is 0 Å². The molecule has 0 radical (unpaired) electrons. The number of rotatable bonds is 5. The van der Waals surface area contributed by atoms with Crippen molar-refractivity contribution >= 4 is 17.5 Å². The van der Waals surface area contributed by atoms with Gasteiger partial charge in [0.25, 0.3) is 5.91 Å². The molecule has 1 aromatic carbocycles. The van der Waals surface area contributed by atoms with Gasteiger partial charge in [0, 0.05) is 58.2 Å². The number of carbonyl (C=O) groups is 1. The fourth-order valence-electron chi connectivity index (χ4n) is 5.80. The molecule has 2 bridgehead atoms. The Balaban J connectivity index is 0.995. The van der Waals surface area contributed by atoms with E-state index in [1.807, 2.05) is 23.3 Å². The molecule has 2 aromatic heterocycles. The van der Waals surface area contributed by atoms with Crippen LogP contribution in [0, 0.1) is 0 Å². The van der Waals surface area contributed by atoms with Crippen molar-refractivity contribution in [2.75, 3.05) is 0 Å². The summed E-state index contributed by atoms with van der Waals surface area (Å²) >= 11 is 6.02. The maximum absolute atomic E-state index is 13.0. The highest BCUT2D eigenvalue weighted by atomic mass is 35.5. The molecule has 2 atom stereocenters. The predicted octanol–water partition coefficient (Wildman–Crippen LogP) is 3.50. The highest BCUT2D eigenvalue weighted by molar-refractivity contribution is 6.30. The number of aliphatic hydroxyl groups is 1. The van der Waals surface area contributed by atoms with Crippen molar-refractivity contribution in [2.45, 2.75) is 67.7 Å². The average molecular weight is 478 g/mol. The molecule has 8 nitrogen and oxygen atoms in total. The Morgan fingerprint density at radius 1 is 1.15 bits per heavy atom. The number of ether oxygens (including phenoxy) is 1. The highest BCUT2D eigenvalue weighted by Crippen LogP contribution is 2.65. The van der Waals surface area contributed by atoms with E-state index in [2.05, 4.69) is 26.6 Å². The number of benzene rings is 1. The normalized spacial score (nSPS) is 31.0. The molecule has 174 valence electrons. The fraction of sp³-hybridized carbons (Fsp3) is 0.440. The van der Waals surface area contributed by atoms with Crippen LogP contribution in [0.5, 0.6) is 5.75 Å². The quantitative estimate of drug-likeness (QED) is 0.583. The van der Waals surface area contributed by atoms with Gasteiger partial charge in [0.05, 0.1) is 17.8 Å². The van der Waals surface area contributed by atoms with Gasteiger partial charge in [-0.2, -0.15) is 5.10 Å². The molecule has 4 saturated carbocycles. The van der Waals surface area contributed by atoms with Gasteiger partial charge in [-0.15, -0.1) is 0 Å². The minimum Gasteiger partial charge on any atom is -0.480 e. The lowest BCUT2D eigenvalue weighted by Crippen LogP contribution is -2.79. The van der Waals surface area contributed by atoms with E-state index < -0.39 is 12.2 Å². The van der Waals surface area contributed by atoms with Crippen molar-refractivity contribution in [3.05, 3.63) is 59.4 Å². The number of fused-ring (bicyclic) bond motifs is 1. The molecule has 0 spiro atoms. The van der Waals surface area contributed by atoms with Gasteiger partial charge in [-0.05, 0) is 50.3 Å². The van der Waals surface area contributed by atoms with Gasteiger partial charge in [0.1, 0.15) is 11.6 Å². The lowest BCUT2D eigenvalue weighted by molar-refractivity contribution is -0.164. The number of hydrogen-bond donors (Lipinski definition) is 2. The molecule has 4 aliphatic carbocycles. The summed E-state index contributed by atoms with van der Waals surface area (Å²) in [6.07, 6.45) is 11.3.